The van der Waals surface area contributed by atoms with Crippen molar-refractivity contribution in [2.45, 2.75) is 31.7 Å². The summed E-state index contributed by atoms with van der Waals surface area (Å²) >= 11 is 12.1. The number of H-pyrrole nitrogens is 1. The third-order valence-electron chi connectivity index (χ3n) is 4.14. The molecule has 4 nitrogen and oxygen atoms in total. The van der Waals surface area contributed by atoms with Crippen molar-refractivity contribution in [1.82, 2.24) is 9.55 Å². The van der Waals surface area contributed by atoms with Crippen LogP contribution in [0.1, 0.15) is 26.2 Å². The van der Waals surface area contributed by atoms with Crippen LogP contribution >= 0.6 is 23.2 Å². The number of hydrogen-bond donors (Lipinski definition) is 1. The standard InChI is InChI=1S/C15H14Cl2N2O2/c1-15(6-3-7-15)19-13(20)11(12(17)18-14(19)21)9-4-2-5-10(16)8-9/h2,4-5,8H,3,6-7H2,1H3,(H,18,21). The molecular weight excluding hydrogens is 311 g/mol. The Bertz CT molecular complexity index is 819. The summed E-state index contributed by atoms with van der Waals surface area (Å²) in [5, 5.41) is 0.557. The summed E-state index contributed by atoms with van der Waals surface area (Å²) in [4.78, 5) is 27.5. The third kappa shape index (κ3) is 2.32. The lowest BCUT2D eigenvalue weighted by Crippen LogP contribution is -2.51. The van der Waals surface area contributed by atoms with E-state index in [4.69, 9.17) is 23.2 Å². The first kappa shape index (κ1) is 14.4. The van der Waals surface area contributed by atoms with Crippen LogP contribution in [0.25, 0.3) is 11.1 Å². The van der Waals surface area contributed by atoms with Crippen molar-refractivity contribution < 1.29 is 0 Å². The van der Waals surface area contributed by atoms with Crippen molar-refractivity contribution in [3.8, 4) is 11.1 Å². The average molecular weight is 325 g/mol. The van der Waals surface area contributed by atoms with Gasteiger partial charge in [-0.2, -0.15) is 0 Å². The minimum Gasteiger partial charge on any atom is -0.297 e. The van der Waals surface area contributed by atoms with Crippen molar-refractivity contribution in [3.63, 3.8) is 0 Å². The number of aromatic amines is 1. The molecule has 1 aliphatic rings. The smallest absolute Gasteiger partial charge is 0.297 e. The number of nitrogens with zero attached hydrogens (tertiary/aromatic N) is 1. The van der Waals surface area contributed by atoms with E-state index in [1.807, 2.05) is 6.92 Å². The van der Waals surface area contributed by atoms with Gasteiger partial charge in [-0.25, -0.2) is 4.79 Å². The second-order valence-electron chi connectivity index (χ2n) is 5.62. The minimum absolute atomic E-state index is 0.0476. The van der Waals surface area contributed by atoms with Gasteiger partial charge in [0.2, 0.25) is 0 Å². The van der Waals surface area contributed by atoms with Crippen molar-refractivity contribution in [1.29, 1.82) is 0 Å². The highest BCUT2D eigenvalue weighted by Gasteiger charge is 2.37. The molecule has 1 heterocycles. The SMILES string of the molecule is CC1(n2c(=O)[nH]c(Cl)c(-c3cccc(Cl)c3)c2=O)CCC1. The van der Waals surface area contributed by atoms with Crippen LogP contribution < -0.4 is 11.2 Å². The number of halogens is 2. The van der Waals surface area contributed by atoms with Crippen LogP contribution in [-0.2, 0) is 5.54 Å². The van der Waals surface area contributed by atoms with Crippen LogP contribution in [0.15, 0.2) is 33.9 Å². The molecule has 2 aromatic rings. The Morgan fingerprint density at radius 2 is 1.95 bits per heavy atom. The Balaban J connectivity index is 2.30. The highest BCUT2D eigenvalue weighted by atomic mass is 35.5. The molecule has 1 fully saturated rings. The van der Waals surface area contributed by atoms with Gasteiger partial charge in [0.05, 0.1) is 5.56 Å². The predicted molar refractivity (Wildman–Crippen MR) is 84.3 cm³/mol. The largest absolute Gasteiger partial charge is 0.330 e. The molecule has 0 amide bonds. The highest BCUT2D eigenvalue weighted by molar-refractivity contribution is 6.32. The summed E-state index contributed by atoms with van der Waals surface area (Å²) in [7, 11) is 0. The van der Waals surface area contributed by atoms with Gasteiger partial charge in [0, 0.05) is 10.6 Å². The maximum absolute atomic E-state index is 12.8. The lowest BCUT2D eigenvalue weighted by Gasteiger charge is -2.39. The van der Waals surface area contributed by atoms with E-state index in [-0.39, 0.29) is 16.3 Å². The monoisotopic (exact) mass is 324 g/mol. The van der Waals surface area contributed by atoms with E-state index in [0.29, 0.717) is 10.6 Å². The molecule has 3 rings (SSSR count). The maximum atomic E-state index is 12.8. The van der Waals surface area contributed by atoms with E-state index >= 15 is 0 Å². The quantitative estimate of drug-likeness (QED) is 0.860. The second-order valence-corrected chi connectivity index (χ2v) is 6.43. The first-order valence-corrected chi connectivity index (χ1v) is 7.49. The summed E-state index contributed by atoms with van der Waals surface area (Å²) in [5.74, 6) is 0. The van der Waals surface area contributed by atoms with Crippen LogP contribution in [0, 0.1) is 0 Å². The summed E-state index contributed by atoms with van der Waals surface area (Å²) < 4.78 is 1.29. The van der Waals surface area contributed by atoms with Crippen LogP contribution in [-0.4, -0.2) is 9.55 Å². The summed E-state index contributed by atoms with van der Waals surface area (Å²) in [5.41, 5.74) is -0.369. The van der Waals surface area contributed by atoms with Gasteiger partial charge in [0.25, 0.3) is 5.56 Å². The zero-order valence-corrected chi connectivity index (χ0v) is 13.0. The molecule has 0 spiro atoms. The number of benzene rings is 1. The van der Waals surface area contributed by atoms with Gasteiger partial charge in [0.1, 0.15) is 5.15 Å². The molecule has 0 radical (unpaired) electrons. The zero-order chi connectivity index (χ0) is 15.2. The van der Waals surface area contributed by atoms with Crippen LogP contribution in [0.4, 0.5) is 0 Å². The molecule has 110 valence electrons. The van der Waals surface area contributed by atoms with E-state index in [1.54, 1.807) is 24.3 Å². The highest BCUT2D eigenvalue weighted by Crippen LogP contribution is 2.37. The van der Waals surface area contributed by atoms with E-state index in [9.17, 15) is 9.59 Å². The van der Waals surface area contributed by atoms with E-state index in [0.717, 1.165) is 19.3 Å². The first-order valence-electron chi connectivity index (χ1n) is 6.74. The van der Waals surface area contributed by atoms with E-state index < -0.39 is 11.2 Å². The summed E-state index contributed by atoms with van der Waals surface area (Å²) in [6.45, 7) is 1.92. The molecule has 0 aliphatic heterocycles. The Labute approximate surface area is 131 Å². The van der Waals surface area contributed by atoms with Gasteiger partial charge < -0.3 is 0 Å². The van der Waals surface area contributed by atoms with E-state index in [1.165, 1.54) is 4.57 Å². The Hall–Kier alpha value is -1.52. The lowest BCUT2D eigenvalue weighted by atomic mass is 9.78. The zero-order valence-electron chi connectivity index (χ0n) is 11.5. The molecule has 6 heteroatoms. The number of hydrogen-bond acceptors (Lipinski definition) is 2. The van der Waals surface area contributed by atoms with Gasteiger partial charge in [-0.05, 0) is 43.9 Å². The molecule has 0 unspecified atom stereocenters. The van der Waals surface area contributed by atoms with Crippen LogP contribution in [0.2, 0.25) is 10.2 Å². The lowest BCUT2D eigenvalue weighted by molar-refractivity contribution is 0.156. The molecule has 1 aromatic heterocycles. The molecule has 1 aliphatic carbocycles. The Morgan fingerprint density at radius 1 is 1.24 bits per heavy atom. The molecule has 1 N–H and O–H groups in total. The summed E-state index contributed by atoms with van der Waals surface area (Å²) in [6.07, 6.45) is 2.64. The molecule has 1 saturated carbocycles. The van der Waals surface area contributed by atoms with Gasteiger partial charge in [-0.15, -0.1) is 0 Å². The first-order chi connectivity index (χ1) is 9.92. The van der Waals surface area contributed by atoms with Crippen LogP contribution in [0.3, 0.4) is 0 Å². The predicted octanol–water partition coefficient (Wildman–Crippen LogP) is 3.41. The van der Waals surface area contributed by atoms with E-state index in [2.05, 4.69) is 4.98 Å². The van der Waals surface area contributed by atoms with Gasteiger partial charge in [-0.1, -0.05) is 35.3 Å². The number of nitrogens with one attached hydrogen (secondary N) is 1. The van der Waals surface area contributed by atoms with Crippen molar-refractivity contribution in [2.24, 2.45) is 0 Å². The maximum Gasteiger partial charge on any atom is 0.330 e. The van der Waals surface area contributed by atoms with Gasteiger partial charge in [0.15, 0.2) is 0 Å². The fraction of sp³-hybridized carbons (Fsp3) is 0.333. The Morgan fingerprint density at radius 3 is 2.52 bits per heavy atom. The Kier molecular flexibility index (Phi) is 3.46. The normalized spacial score (nSPS) is 16.5. The summed E-state index contributed by atoms with van der Waals surface area (Å²) in [6, 6.07) is 6.88. The van der Waals surface area contributed by atoms with Gasteiger partial charge >= 0.3 is 5.69 Å². The van der Waals surface area contributed by atoms with Gasteiger partial charge in [-0.3, -0.25) is 14.3 Å². The molecule has 21 heavy (non-hydrogen) atoms. The fourth-order valence-electron chi connectivity index (χ4n) is 2.81. The van der Waals surface area contributed by atoms with Crippen molar-refractivity contribution in [3.05, 3.63) is 55.3 Å². The van der Waals surface area contributed by atoms with Crippen molar-refractivity contribution >= 4 is 23.2 Å². The van der Waals surface area contributed by atoms with Crippen molar-refractivity contribution in [2.75, 3.05) is 0 Å². The van der Waals surface area contributed by atoms with Crippen LogP contribution in [0.5, 0.6) is 0 Å². The molecule has 0 atom stereocenters. The molecular formula is C15H14Cl2N2O2. The second kappa shape index (κ2) is 5.04. The third-order valence-corrected chi connectivity index (χ3v) is 4.66. The number of aromatic nitrogens is 2. The molecule has 0 saturated heterocycles. The average Bonchev–Trinajstić information content (AvgIpc) is 2.36. The fourth-order valence-corrected chi connectivity index (χ4v) is 3.27. The number of rotatable bonds is 2. The topological polar surface area (TPSA) is 54.9 Å². The molecule has 0 bridgehead atoms. The minimum atomic E-state index is -0.460. The molecule has 1 aromatic carbocycles.